The Bertz CT molecular complexity index is 286. The number of methoxy groups -OCH3 is 1. The normalized spacial score (nSPS) is 12.1. The molecule has 2 rings (SSSR count). The van der Waals surface area contributed by atoms with E-state index in [4.69, 9.17) is 9.47 Å². The SMILES string of the molecule is CNC(=O)OC.c1scc2c1OCCO2. The van der Waals surface area contributed by atoms with E-state index in [1.54, 1.807) is 11.3 Å². The van der Waals surface area contributed by atoms with E-state index >= 15 is 0 Å². The number of nitrogens with one attached hydrogen (secondary N) is 1. The minimum absolute atomic E-state index is 0.407. The molecule has 1 aromatic rings. The summed E-state index contributed by atoms with van der Waals surface area (Å²) in [6.45, 7) is 1.37. The molecule has 1 N–H and O–H groups in total. The number of carbonyl (C=O) groups is 1. The summed E-state index contributed by atoms with van der Waals surface area (Å²) in [5.41, 5.74) is 0. The molecule has 0 fully saturated rings. The maximum absolute atomic E-state index is 9.85. The second-order valence-corrected chi connectivity index (χ2v) is 3.28. The van der Waals surface area contributed by atoms with Crippen LogP contribution in [0.4, 0.5) is 4.79 Å². The largest absolute Gasteiger partial charge is 0.485 e. The molecule has 0 saturated carbocycles. The number of fused-ring (bicyclic) bond motifs is 1. The number of alkyl carbamates (subject to hydrolysis) is 1. The zero-order valence-electron chi connectivity index (χ0n) is 8.61. The van der Waals surface area contributed by atoms with E-state index in [2.05, 4.69) is 10.1 Å². The van der Waals surface area contributed by atoms with Gasteiger partial charge >= 0.3 is 6.09 Å². The number of amides is 1. The smallest absolute Gasteiger partial charge is 0.406 e. The third-order valence-electron chi connectivity index (χ3n) is 1.58. The molecule has 0 spiro atoms. The second kappa shape index (κ2) is 6.13. The fourth-order valence-electron chi connectivity index (χ4n) is 0.889. The highest BCUT2D eigenvalue weighted by molar-refractivity contribution is 7.08. The van der Waals surface area contributed by atoms with Crippen LogP contribution in [0.5, 0.6) is 11.5 Å². The van der Waals surface area contributed by atoms with Gasteiger partial charge in [-0.2, -0.15) is 0 Å². The van der Waals surface area contributed by atoms with Crippen molar-refractivity contribution in [1.82, 2.24) is 5.32 Å². The quantitative estimate of drug-likeness (QED) is 0.735. The van der Waals surface area contributed by atoms with Crippen LogP contribution in [-0.4, -0.2) is 33.5 Å². The zero-order valence-corrected chi connectivity index (χ0v) is 9.43. The van der Waals surface area contributed by atoms with E-state index in [1.807, 2.05) is 10.8 Å². The van der Waals surface area contributed by atoms with Crippen molar-refractivity contribution in [3.8, 4) is 11.5 Å². The van der Waals surface area contributed by atoms with Crippen LogP contribution in [0.2, 0.25) is 0 Å². The van der Waals surface area contributed by atoms with Gasteiger partial charge < -0.3 is 19.5 Å². The first-order chi connectivity index (χ1) is 7.27. The summed E-state index contributed by atoms with van der Waals surface area (Å²) < 4.78 is 14.6. The predicted molar refractivity (Wildman–Crippen MR) is 56.8 cm³/mol. The van der Waals surface area contributed by atoms with Gasteiger partial charge in [-0.25, -0.2) is 4.79 Å². The molecule has 0 atom stereocenters. The Morgan fingerprint density at radius 3 is 2.27 bits per heavy atom. The summed E-state index contributed by atoms with van der Waals surface area (Å²) in [5, 5.41) is 6.16. The van der Waals surface area contributed by atoms with E-state index in [0.29, 0.717) is 13.2 Å². The number of hydrogen-bond donors (Lipinski definition) is 1. The molecule has 1 aromatic heterocycles. The molecule has 1 aliphatic rings. The lowest BCUT2D eigenvalue weighted by Gasteiger charge is -2.13. The number of hydrogen-bond acceptors (Lipinski definition) is 5. The van der Waals surface area contributed by atoms with Crippen LogP contribution < -0.4 is 14.8 Å². The molecule has 2 heterocycles. The van der Waals surface area contributed by atoms with Gasteiger partial charge in [0.25, 0.3) is 0 Å². The van der Waals surface area contributed by atoms with E-state index in [1.165, 1.54) is 14.2 Å². The Morgan fingerprint density at radius 2 is 1.93 bits per heavy atom. The Labute approximate surface area is 91.9 Å². The summed E-state index contributed by atoms with van der Waals surface area (Å²) in [4.78, 5) is 9.85. The van der Waals surface area contributed by atoms with Gasteiger partial charge in [0.1, 0.15) is 13.2 Å². The van der Waals surface area contributed by atoms with Gasteiger partial charge in [-0.05, 0) is 0 Å². The van der Waals surface area contributed by atoms with Crippen LogP contribution in [0.3, 0.4) is 0 Å². The lowest BCUT2D eigenvalue weighted by molar-refractivity contribution is 0.173. The van der Waals surface area contributed by atoms with Gasteiger partial charge in [0.05, 0.1) is 7.11 Å². The van der Waals surface area contributed by atoms with Gasteiger partial charge in [-0.1, -0.05) is 0 Å². The molecule has 0 radical (unpaired) electrons. The van der Waals surface area contributed by atoms with Gasteiger partial charge in [-0.3, -0.25) is 0 Å². The first-order valence-electron chi connectivity index (χ1n) is 4.35. The monoisotopic (exact) mass is 231 g/mol. The maximum atomic E-state index is 9.85. The van der Waals surface area contributed by atoms with Crippen LogP contribution in [-0.2, 0) is 4.74 Å². The summed E-state index contributed by atoms with van der Waals surface area (Å²) in [6, 6.07) is 0. The van der Waals surface area contributed by atoms with Crippen LogP contribution in [0.25, 0.3) is 0 Å². The Kier molecular flexibility index (Phi) is 4.76. The lowest BCUT2D eigenvalue weighted by Crippen LogP contribution is -2.16. The molecule has 0 unspecified atom stereocenters. The molecular formula is C9H13NO4S. The summed E-state index contributed by atoms with van der Waals surface area (Å²) in [5.74, 6) is 1.79. The Balaban J connectivity index is 0.000000167. The lowest BCUT2D eigenvalue weighted by atomic mass is 10.5. The van der Waals surface area contributed by atoms with Crippen molar-refractivity contribution in [3.63, 3.8) is 0 Å². The second-order valence-electron chi connectivity index (χ2n) is 2.54. The number of thiophene rings is 1. The molecule has 15 heavy (non-hydrogen) atoms. The van der Waals surface area contributed by atoms with Crippen molar-refractivity contribution in [3.05, 3.63) is 10.8 Å². The first kappa shape index (κ1) is 11.6. The molecule has 6 heteroatoms. The number of rotatable bonds is 0. The molecule has 84 valence electrons. The van der Waals surface area contributed by atoms with Gasteiger partial charge in [0.2, 0.25) is 0 Å². The van der Waals surface area contributed by atoms with E-state index in [9.17, 15) is 4.79 Å². The van der Waals surface area contributed by atoms with Crippen molar-refractivity contribution < 1.29 is 19.0 Å². The molecule has 0 bridgehead atoms. The molecule has 1 amide bonds. The maximum Gasteiger partial charge on any atom is 0.406 e. The minimum atomic E-state index is -0.407. The predicted octanol–water partition coefficient (Wildman–Crippen LogP) is 1.49. The first-order valence-corrected chi connectivity index (χ1v) is 5.29. The molecular weight excluding hydrogens is 218 g/mol. The molecule has 0 aromatic carbocycles. The van der Waals surface area contributed by atoms with Crippen molar-refractivity contribution in [2.24, 2.45) is 0 Å². The Hall–Kier alpha value is -1.43. The summed E-state index contributed by atoms with van der Waals surface area (Å²) >= 11 is 1.61. The fourth-order valence-corrected chi connectivity index (χ4v) is 1.57. The number of ether oxygens (including phenoxy) is 3. The average Bonchev–Trinajstić information content (AvgIpc) is 2.76. The average molecular weight is 231 g/mol. The van der Waals surface area contributed by atoms with E-state index in [-0.39, 0.29) is 0 Å². The standard InChI is InChI=1S/C6H6O2S.C3H7NO2/c1-2-8-6-4-9-3-5(6)7-1;1-4-3(5)6-2/h3-4H,1-2H2;1-2H3,(H,4,5). The van der Waals surface area contributed by atoms with Crippen LogP contribution in [0.15, 0.2) is 10.8 Å². The Morgan fingerprint density at radius 1 is 1.40 bits per heavy atom. The van der Waals surface area contributed by atoms with Crippen molar-refractivity contribution in [2.45, 2.75) is 0 Å². The van der Waals surface area contributed by atoms with Gasteiger partial charge in [0, 0.05) is 17.8 Å². The molecule has 1 aliphatic heterocycles. The fraction of sp³-hybridized carbons (Fsp3) is 0.444. The molecule has 5 nitrogen and oxygen atoms in total. The third kappa shape index (κ3) is 3.67. The topological polar surface area (TPSA) is 56.8 Å². The highest BCUT2D eigenvalue weighted by Gasteiger charge is 2.10. The van der Waals surface area contributed by atoms with Crippen molar-refractivity contribution >= 4 is 17.4 Å². The molecule has 0 saturated heterocycles. The van der Waals surface area contributed by atoms with Crippen molar-refractivity contribution in [2.75, 3.05) is 27.4 Å². The van der Waals surface area contributed by atoms with E-state index in [0.717, 1.165) is 11.5 Å². The highest BCUT2D eigenvalue weighted by Crippen LogP contribution is 2.33. The van der Waals surface area contributed by atoms with Gasteiger partial charge in [-0.15, -0.1) is 11.3 Å². The van der Waals surface area contributed by atoms with E-state index < -0.39 is 6.09 Å². The van der Waals surface area contributed by atoms with Crippen molar-refractivity contribution in [1.29, 1.82) is 0 Å². The third-order valence-corrected chi connectivity index (χ3v) is 2.28. The summed E-state index contributed by atoms with van der Waals surface area (Å²) in [7, 11) is 2.82. The summed E-state index contributed by atoms with van der Waals surface area (Å²) in [6.07, 6.45) is -0.407. The highest BCUT2D eigenvalue weighted by atomic mass is 32.1. The van der Waals surface area contributed by atoms with Crippen LogP contribution >= 0.6 is 11.3 Å². The minimum Gasteiger partial charge on any atom is -0.485 e. The molecule has 0 aliphatic carbocycles. The van der Waals surface area contributed by atoms with Gasteiger partial charge in [0.15, 0.2) is 11.5 Å². The zero-order chi connectivity index (χ0) is 11.1. The van der Waals surface area contributed by atoms with Crippen LogP contribution in [0.1, 0.15) is 0 Å². The number of carbonyl (C=O) groups excluding carboxylic acids is 1. The van der Waals surface area contributed by atoms with Crippen LogP contribution in [0, 0.1) is 0 Å².